The highest BCUT2D eigenvalue weighted by Crippen LogP contribution is 2.22. The Hall–Kier alpha value is -1.83. The van der Waals surface area contributed by atoms with E-state index in [0.717, 1.165) is 17.3 Å². The van der Waals surface area contributed by atoms with Gasteiger partial charge in [-0.1, -0.05) is 56.9 Å². The van der Waals surface area contributed by atoms with Crippen molar-refractivity contribution >= 4 is 17.0 Å². The van der Waals surface area contributed by atoms with Crippen molar-refractivity contribution in [1.82, 2.24) is 4.98 Å². The summed E-state index contributed by atoms with van der Waals surface area (Å²) in [4.78, 5) is 4.49. The average Bonchev–Trinajstić information content (AvgIpc) is 2.46. The van der Waals surface area contributed by atoms with E-state index < -0.39 is 0 Å². The zero-order valence-electron chi connectivity index (χ0n) is 12.2. The molecule has 1 aromatic heterocycles. The van der Waals surface area contributed by atoms with E-state index in [1.54, 1.807) is 6.07 Å². The van der Waals surface area contributed by atoms with Crippen LogP contribution in [0.5, 0.6) is 5.75 Å². The van der Waals surface area contributed by atoms with Crippen LogP contribution in [0.25, 0.3) is 17.0 Å². The summed E-state index contributed by atoms with van der Waals surface area (Å²) < 4.78 is 0. The lowest BCUT2D eigenvalue weighted by Crippen LogP contribution is -1.84. The van der Waals surface area contributed by atoms with Gasteiger partial charge in [0.25, 0.3) is 0 Å². The van der Waals surface area contributed by atoms with E-state index in [1.807, 2.05) is 30.3 Å². The van der Waals surface area contributed by atoms with Gasteiger partial charge >= 0.3 is 0 Å². The molecule has 2 heteroatoms. The van der Waals surface area contributed by atoms with Gasteiger partial charge in [0.1, 0.15) is 11.4 Å². The summed E-state index contributed by atoms with van der Waals surface area (Å²) in [5.74, 6) is 0.255. The van der Waals surface area contributed by atoms with Gasteiger partial charge in [-0.2, -0.15) is 0 Å². The minimum Gasteiger partial charge on any atom is -0.506 e. The molecule has 1 heterocycles. The van der Waals surface area contributed by atoms with Crippen LogP contribution in [-0.4, -0.2) is 10.1 Å². The third-order valence-electron chi connectivity index (χ3n) is 3.48. The molecule has 0 aliphatic rings. The van der Waals surface area contributed by atoms with Gasteiger partial charge in [-0.15, -0.1) is 0 Å². The number of unbranched alkanes of at least 4 members (excludes halogenated alkanes) is 5. The number of para-hydroxylation sites is 1. The van der Waals surface area contributed by atoms with E-state index in [9.17, 15) is 5.11 Å². The summed E-state index contributed by atoms with van der Waals surface area (Å²) >= 11 is 0. The normalized spacial score (nSPS) is 11.4. The second-order valence-electron chi connectivity index (χ2n) is 5.19. The van der Waals surface area contributed by atoms with E-state index in [0.29, 0.717) is 5.69 Å². The number of benzene rings is 1. The first-order chi connectivity index (χ1) is 9.81. The largest absolute Gasteiger partial charge is 0.506 e. The van der Waals surface area contributed by atoms with Gasteiger partial charge in [0.15, 0.2) is 0 Å². The van der Waals surface area contributed by atoms with Crippen molar-refractivity contribution in [2.75, 3.05) is 0 Å². The molecule has 0 amide bonds. The number of aromatic nitrogens is 1. The lowest BCUT2D eigenvalue weighted by atomic mass is 10.1. The Bertz CT molecular complexity index is 575. The molecule has 0 aliphatic heterocycles. The van der Waals surface area contributed by atoms with Crippen LogP contribution in [0.4, 0.5) is 0 Å². The molecular weight excluding hydrogens is 246 g/mol. The Balaban J connectivity index is 1.93. The lowest BCUT2D eigenvalue weighted by molar-refractivity contribution is 0.472. The number of hydrogen-bond acceptors (Lipinski definition) is 2. The third-order valence-corrected chi connectivity index (χ3v) is 3.48. The Labute approximate surface area is 121 Å². The van der Waals surface area contributed by atoms with Crippen molar-refractivity contribution in [3.05, 3.63) is 42.1 Å². The van der Waals surface area contributed by atoms with E-state index in [2.05, 4.69) is 18.0 Å². The summed E-state index contributed by atoms with van der Waals surface area (Å²) in [5.41, 5.74) is 1.59. The van der Waals surface area contributed by atoms with Gasteiger partial charge in [0.05, 0.1) is 5.52 Å². The predicted molar refractivity (Wildman–Crippen MR) is 85.8 cm³/mol. The quantitative estimate of drug-likeness (QED) is 0.690. The molecule has 0 fully saturated rings. The molecule has 106 valence electrons. The van der Waals surface area contributed by atoms with E-state index in [1.165, 1.54) is 32.1 Å². The SMILES string of the molecule is CCCCCCCC=Cc1nc2ccccc2cc1O. The number of rotatable bonds is 7. The Kier molecular flexibility index (Phi) is 5.60. The molecule has 1 N–H and O–H groups in total. The molecule has 1 aromatic carbocycles. The van der Waals surface area contributed by atoms with Crippen LogP contribution in [0, 0.1) is 0 Å². The molecule has 0 unspecified atom stereocenters. The Morgan fingerprint density at radius 3 is 2.75 bits per heavy atom. The molecule has 0 atom stereocenters. The average molecular weight is 269 g/mol. The van der Waals surface area contributed by atoms with Crippen molar-refractivity contribution in [3.8, 4) is 5.75 Å². The second kappa shape index (κ2) is 7.68. The maximum Gasteiger partial charge on any atom is 0.141 e. The maximum absolute atomic E-state index is 9.97. The molecule has 2 aromatic rings. The highest BCUT2D eigenvalue weighted by atomic mass is 16.3. The lowest BCUT2D eigenvalue weighted by Gasteiger charge is -2.02. The van der Waals surface area contributed by atoms with E-state index in [4.69, 9.17) is 0 Å². The Morgan fingerprint density at radius 2 is 1.90 bits per heavy atom. The standard InChI is InChI=1S/C18H23NO/c1-2-3-4-5-6-7-8-13-17-18(20)14-15-11-9-10-12-16(15)19-17/h8-14,20H,2-7H2,1H3. The molecule has 0 aliphatic carbocycles. The van der Waals surface area contributed by atoms with Crippen LogP contribution in [0.1, 0.15) is 51.1 Å². The molecule has 0 radical (unpaired) electrons. The summed E-state index contributed by atoms with van der Waals surface area (Å²) in [7, 11) is 0. The van der Waals surface area contributed by atoms with Crippen LogP contribution in [0.2, 0.25) is 0 Å². The maximum atomic E-state index is 9.97. The van der Waals surface area contributed by atoms with Crippen molar-refractivity contribution < 1.29 is 5.11 Å². The van der Waals surface area contributed by atoms with Gasteiger partial charge < -0.3 is 5.11 Å². The van der Waals surface area contributed by atoms with E-state index >= 15 is 0 Å². The summed E-state index contributed by atoms with van der Waals surface area (Å²) in [6.07, 6.45) is 11.5. The van der Waals surface area contributed by atoms with Crippen LogP contribution < -0.4 is 0 Å². The Morgan fingerprint density at radius 1 is 1.10 bits per heavy atom. The molecule has 2 nitrogen and oxygen atoms in total. The summed E-state index contributed by atoms with van der Waals surface area (Å²) in [6, 6.07) is 9.63. The predicted octanol–water partition coefficient (Wildman–Crippen LogP) is 5.31. The first kappa shape index (κ1) is 14.6. The number of pyridine rings is 1. The third kappa shape index (κ3) is 4.09. The molecule has 2 rings (SSSR count). The van der Waals surface area contributed by atoms with Crippen molar-refractivity contribution in [1.29, 1.82) is 0 Å². The fourth-order valence-electron chi connectivity index (χ4n) is 2.30. The number of aromatic hydroxyl groups is 1. The molecule has 0 saturated carbocycles. The topological polar surface area (TPSA) is 33.1 Å². The van der Waals surface area contributed by atoms with Gasteiger partial charge in [0, 0.05) is 5.39 Å². The van der Waals surface area contributed by atoms with Gasteiger partial charge in [0.2, 0.25) is 0 Å². The summed E-state index contributed by atoms with van der Waals surface area (Å²) in [5, 5.41) is 10.9. The number of allylic oxidation sites excluding steroid dienone is 1. The number of fused-ring (bicyclic) bond motifs is 1. The van der Waals surface area contributed by atoms with Gasteiger partial charge in [-0.3, -0.25) is 0 Å². The zero-order chi connectivity index (χ0) is 14.2. The minimum absolute atomic E-state index is 0.255. The highest BCUT2D eigenvalue weighted by Gasteiger charge is 2.01. The van der Waals surface area contributed by atoms with E-state index in [-0.39, 0.29) is 5.75 Å². The molecule has 0 spiro atoms. The summed E-state index contributed by atoms with van der Waals surface area (Å²) in [6.45, 7) is 2.23. The first-order valence-corrected chi connectivity index (χ1v) is 7.56. The zero-order valence-corrected chi connectivity index (χ0v) is 12.2. The highest BCUT2D eigenvalue weighted by molar-refractivity contribution is 5.81. The van der Waals surface area contributed by atoms with Gasteiger partial charge in [-0.25, -0.2) is 4.98 Å². The van der Waals surface area contributed by atoms with Crippen LogP contribution in [0.15, 0.2) is 36.4 Å². The fraction of sp³-hybridized carbons (Fsp3) is 0.389. The minimum atomic E-state index is 0.255. The molecule has 20 heavy (non-hydrogen) atoms. The van der Waals surface area contributed by atoms with Crippen molar-refractivity contribution in [2.24, 2.45) is 0 Å². The molecule has 0 bridgehead atoms. The first-order valence-electron chi connectivity index (χ1n) is 7.56. The fourth-order valence-corrected chi connectivity index (χ4v) is 2.30. The number of nitrogens with zero attached hydrogens (tertiary/aromatic N) is 1. The smallest absolute Gasteiger partial charge is 0.141 e. The van der Waals surface area contributed by atoms with Crippen LogP contribution in [-0.2, 0) is 0 Å². The second-order valence-corrected chi connectivity index (χ2v) is 5.19. The monoisotopic (exact) mass is 269 g/mol. The molecule has 0 saturated heterocycles. The molecular formula is C18H23NO. The number of hydrogen-bond donors (Lipinski definition) is 1. The van der Waals surface area contributed by atoms with Crippen molar-refractivity contribution in [2.45, 2.75) is 45.4 Å². The van der Waals surface area contributed by atoms with Gasteiger partial charge in [-0.05, 0) is 31.1 Å². The van der Waals surface area contributed by atoms with Crippen LogP contribution in [0.3, 0.4) is 0 Å². The van der Waals surface area contributed by atoms with Crippen LogP contribution >= 0.6 is 0 Å². The van der Waals surface area contributed by atoms with Crippen molar-refractivity contribution in [3.63, 3.8) is 0 Å².